The van der Waals surface area contributed by atoms with Crippen LogP contribution in [0.1, 0.15) is 51.9 Å². The van der Waals surface area contributed by atoms with E-state index in [4.69, 9.17) is 0 Å². The summed E-state index contributed by atoms with van der Waals surface area (Å²) in [5.74, 6) is 0.886. The Labute approximate surface area is 108 Å². The summed E-state index contributed by atoms with van der Waals surface area (Å²) < 4.78 is 1.86. The molecule has 0 spiro atoms. The molecule has 1 aliphatic heterocycles. The van der Waals surface area contributed by atoms with E-state index in [1.807, 2.05) is 4.68 Å². The number of aliphatic hydroxyl groups excluding tert-OH is 1. The van der Waals surface area contributed by atoms with Crippen molar-refractivity contribution < 1.29 is 5.11 Å². The molecule has 1 aromatic heterocycles. The summed E-state index contributed by atoms with van der Waals surface area (Å²) in [5.41, 5.74) is 0. The Bertz CT molecular complexity index is 378. The molecule has 2 heterocycles. The molecular weight excluding hydrogens is 230 g/mol. The van der Waals surface area contributed by atoms with Gasteiger partial charge >= 0.3 is 0 Å². The molecule has 1 aromatic rings. The number of piperidine rings is 1. The highest BCUT2D eigenvalue weighted by Gasteiger charge is 2.28. The predicted octanol–water partition coefficient (Wildman–Crippen LogP) is 0.989. The molecule has 102 valence electrons. The van der Waals surface area contributed by atoms with Crippen molar-refractivity contribution in [2.45, 2.75) is 64.7 Å². The SMILES string of the molecule is CC1CCCC(CO)N1Cc1nnnn1C(C)C. The van der Waals surface area contributed by atoms with Gasteiger partial charge in [0.25, 0.3) is 0 Å². The molecule has 6 heteroatoms. The summed E-state index contributed by atoms with van der Waals surface area (Å²) >= 11 is 0. The van der Waals surface area contributed by atoms with E-state index in [0.29, 0.717) is 6.04 Å². The fourth-order valence-electron chi connectivity index (χ4n) is 2.70. The van der Waals surface area contributed by atoms with E-state index in [2.05, 4.69) is 41.2 Å². The third-order valence-electron chi connectivity index (χ3n) is 3.78. The number of nitrogens with zero attached hydrogens (tertiary/aromatic N) is 5. The second kappa shape index (κ2) is 5.75. The van der Waals surface area contributed by atoms with Crippen molar-refractivity contribution >= 4 is 0 Å². The first-order valence-electron chi connectivity index (χ1n) is 6.76. The molecule has 0 radical (unpaired) electrons. The van der Waals surface area contributed by atoms with Gasteiger partial charge in [-0.25, -0.2) is 4.68 Å². The van der Waals surface area contributed by atoms with Crippen LogP contribution < -0.4 is 0 Å². The largest absolute Gasteiger partial charge is 0.395 e. The zero-order valence-electron chi connectivity index (χ0n) is 11.5. The van der Waals surface area contributed by atoms with Crippen molar-refractivity contribution in [1.29, 1.82) is 0 Å². The molecule has 2 unspecified atom stereocenters. The number of hydrogen-bond donors (Lipinski definition) is 1. The lowest BCUT2D eigenvalue weighted by molar-refractivity contribution is 0.0416. The number of rotatable bonds is 4. The zero-order chi connectivity index (χ0) is 13.1. The van der Waals surface area contributed by atoms with Gasteiger partial charge in [-0.3, -0.25) is 4.90 Å². The number of hydrogen-bond acceptors (Lipinski definition) is 5. The summed E-state index contributed by atoms with van der Waals surface area (Å²) in [4.78, 5) is 2.33. The molecule has 2 atom stereocenters. The molecule has 0 bridgehead atoms. The molecule has 6 nitrogen and oxygen atoms in total. The maximum absolute atomic E-state index is 9.49. The summed E-state index contributed by atoms with van der Waals surface area (Å²) in [7, 11) is 0. The van der Waals surface area contributed by atoms with Gasteiger partial charge in [-0.15, -0.1) is 5.10 Å². The van der Waals surface area contributed by atoms with Gasteiger partial charge in [-0.05, 0) is 44.0 Å². The quantitative estimate of drug-likeness (QED) is 0.866. The van der Waals surface area contributed by atoms with Crippen LogP contribution in [0.3, 0.4) is 0 Å². The molecule has 18 heavy (non-hydrogen) atoms. The third-order valence-corrected chi connectivity index (χ3v) is 3.78. The van der Waals surface area contributed by atoms with Crippen molar-refractivity contribution in [2.75, 3.05) is 6.61 Å². The average molecular weight is 253 g/mol. The summed E-state index contributed by atoms with van der Waals surface area (Å²) in [6.45, 7) is 7.29. The van der Waals surface area contributed by atoms with E-state index in [9.17, 15) is 5.11 Å². The van der Waals surface area contributed by atoms with Crippen LogP contribution in [-0.4, -0.2) is 48.9 Å². The van der Waals surface area contributed by atoms with Crippen molar-refractivity contribution in [3.63, 3.8) is 0 Å². The van der Waals surface area contributed by atoms with E-state index in [1.165, 1.54) is 12.8 Å². The van der Waals surface area contributed by atoms with E-state index in [1.54, 1.807) is 0 Å². The van der Waals surface area contributed by atoms with Crippen LogP contribution in [0.15, 0.2) is 0 Å². The van der Waals surface area contributed by atoms with Gasteiger partial charge in [0.05, 0.1) is 19.2 Å². The Morgan fingerprint density at radius 2 is 2.17 bits per heavy atom. The Kier molecular flexibility index (Phi) is 4.29. The molecule has 1 saturated heterocycles. The number of tetrazole rings is 1. The van der Waals surface area contributed by atoms with Crippen LogP contribution in [0.25, 0.3) is 0 Å². The smallest absolute Gasteiger partial charge is 0.165 e. The minimum Gasteiger partial charge on any atom is -0.395 e. The molecular formula is C12H23N5O. The summed E-state index contributed by atoms with van der Waals surface area (Å²) in [6.07, 6.45) is 3.43. The van der Waals surface area contributed by atoms with Gasteiger partial charge in [0, 0.05) is 12.1 Å². The Morgan fingerprint density at radius 1 is 1.39 bits per heavy atom. The highest BCUT2D eigenvalue weighted by molar-refractivity contribution is 4.89. The van der Waals surface area contributed by atoms with Gasteiger partial charge in [0.15, 0.2) is 5.82 Å². The van der Waals surface area contributed by atoms with Crippen LogP contribution in [0.4, 0.5) is 0 Å². The maximum atomic E-state index is 9.49. The Morgan fingerprint density at radius 3 is 2.83 bits per heavy atom. The molecule has 1 N–H and O–H groups in total. The molecule has 2 rings (SSSR count). The lowest BCUT2D eigenvalue weighted by Gasteiger charge is -2.39. The Hall–Kier alpha value is -1.01. The molecule has 1 aliphatic rings. The molecule has 1 fully saturated rings. The number of aliphatic hydroxyl groups is 1. The normalized spacial score (nSPS) is 25.8. The Balaban J connectivity index is 2.12. The van der Waals surface area contributed by atoms with Crippen LogP contribution in [0.5, 0.6) is 0 Å². The fourth-order valence-corrected chi connectivity index (χ4v) is 2.70. The van der Waals surface area contributed by atoms with Crippen molar-refractivity contribution in [1.82, 2.24) is 25.1 Å². The van der Waals surface area contributed by atoms with Crippen LogP contribution in [0.2, 0.25) is 0 Å². The van der Waals surface area contributed by atoms with E-state index >= 15 is 0 Å². The zero-order valence-corrected chi connectivity index (χ0v) is 11.5. The number of likely N-dealkylation sites (tertiary alicyclic amines) is 1. The minimum absolute atomic E-state index is 0.216. The molecule has 0 aromatic carbocycles. The van der Waals surface area contributed by atoms with Gasteiger partial charge in [0.1, 0.15) is 0 Å². The molecule has 0 saturated carbocycles. The first-order valence-corrected chi connectivity index (χ1v) is 6.76. The van der Waals surface area contributed by atoms with Crippen LogP contribution >= 0.6 is 0 Å². The van der Waals surface area contributed by atoms with Crippen LogP contribution in [-0.2, 0) is 6.54 Å². The molecule has 0 amide bonds. The monoisotopic (exact) mass is 253 g/mol. The van der Waals surface area contributed by atoms with E-state index < -0.39 is 0 Å². The second-order valence-electron chi connectivity index (χ2n) is 5.42. The first kappa shape index (κ1) is 13.4. The minimum atomic E-state index is 0.216. The van der Waals surface area contributed by atoms with Gasteiger partial charge in [0.2, 0.25) is 0 Å². The molecule has 0 aliphatic carbocycles. The maximum Gasteiger partial charge on any atom is 0.165 e. The van der Waals surface area contributed by atoms with Gasteiger partial charge in [-0.2, -0.15) is 0 Å². The summed E-state index contributed by atoms with van der Waals surface area (Å²) in [6, 6.07) is 0.988. The standard InChI is InChI=1S/C12H23N5O/c1-9(2)17-12(13-14-15-17)7-16-10(3)5-4-6-11(16)8-18/h9-11,18H,4-8H2,1-3H3. The fraction of sp³-hybridized carbons (Fsp3) is 0.917. The van der Waals surface area contributed by atoms with Gasteiger partial charge < -0.3 is 5.11 Å². The van der Waals surface area contributed by atoms with E-state index in [-0.39, 0.29) is 18.7 Å². The van der Waals surface area contributed by atoms with Crippen LogP contribution in [0, 0.1) is 0 Å². The van der Waals surface area contributed by atoms with Gasteiger partial charge in [-0.1, -0.05) is 6.42 Å². The summed E-state index contributed by atoms with van der Waals surface area (Å²) in [5, 5.41) is 21.4. The highest BCUT2D eigenvalue weighted by Crippen LogP contribution is 2.24. The predicted molar refractivity (Wildman–Crippen MR) is 67.9 cm³/mol. The average Bonchev–Trinajstić information content (AvgIpc) is 2.80. The highest BCUT2D eigenvalue weighted by atomic mass is 16.3. The third kappa shape index (κ3) is 2.70. The lowest BCUT2D eigenvalue weighted by atomic mass is 9.97. The topological polar surface area (TPSA) is 67.1 Å². The number of aromatic nitrogens is 4. The van der Waals surface area contributed by atoms with Crippen molar-refractivity contribution in [3.8, 4) is 0 Å². The first-order chi connectivity index (χ1) is 8.63. The van der Waals surface area contributed by atoms with E-state index in [0.717, 1.165) is 18.8 Å². The second-order valence-corrected chi connectivity index (χ2v) is 5.42. The van der Waals surface area contributed by atoms with Crippen molar-refractivity contribution in [3.05, 3.63) is 5.82 Å². The van der Waals surface area contributed by atoms with Crippen molar-refractivity contribution in [2.24, 2.45) is 0 Å². The lowest BCUT2D eigenvalue weighted by Crippen LogP contribution is -2.47.